The maximum absolute atomic E-state index is 14.0. The summed E-state index contributed by atoms with van der Waals surface area (Å²) in [4.78, 5) is 52.2. The number of amidine groups is 2. The van der Waals surface area contributed by atoms with Crippen LogP contribution in [0.2, 0.25) is 0 Å². The van der Waals surface area contributed by atoms with E-state index >= 15 is 0 Å². The lowest BCUT2D eigenvalue weighted by Gasteiger charge is -2.34. The Morgan fingerprint density at radius 1 is 1.16 bits per heavy atom. The van der Waals surface area contributed by atoms with Crippen LogP contribution in [0.15, 0.2) is 42.2 Å². The van der Waals surface area contributed by atoms with Crippen LogP contribution >= 0.6 is 0 Å². The fourth-order valence-corrected chi connectivity index (χ4v) is 4.76. The average Bonchev–Trinajstić information content (AvgIpc) is 3.50. The lowest BCUT2D eigenvalue weighted by molar-refractivity contribution is -0.137. The van der Waals surface area contributed by atoms with Crippen molar-refractivity contribution in [3.8, 4) is 0 Å². The zero-order valence-electron chi connectivity index (χ0n) is 24.6. The molecule has 0 unspecified atom stereocenters. The molecule has 4 rings (SSSR count). The summed E-state index contributed by atoms with van der Waals surface area (Å²) < 4.78 is 51.9. The zero-order valence-corrected chi connectivity index (χ0v) is 24.6. The molecule has 3 amide bonds. The highest BCUT2D eigenvalue weighted by Gasteiger charge is 2.36. The van der Waals surface area contributed by atoms with Crippen LogP contribution in [0.1, 0.15) is 22.4 Å². The molecule has 2 aromatic heterocycles. The summed E-state index contributed by atoms with van der Waals surface area (Å²) in [5.74, 6) is -1.37. The van der Waals surface area contributed by atoms with Crippen molar-refractivity contribution < 1.29 is 37.0 Å². The summed E-state index contributed by atoms with van der Waals surface area (Å²) in [6, 6.07) is 2.46. The van der Waals surface area contributed by atoms with Crippen molar-refractivity contribution in [1.29, 1.82) is 5.41 Å². The predicted molar refractivity (Wildman–Crippen MR) is 157 cm³/mol. The number of hydrogen-bond acceptors (Lipinski definition) is 8. The SMILES string of the molecule is C=CC(=O)NCC(=O)N1CCN(Cc2c[nH]c(/C(=N\C(=N)c3cnc(NC(=O)OC)cc3C(F)(F)F)N3CCOCC3)c2)CC1. The first-order chi connectivity index (χ1) is 21.5. The molecule has 2 aliphatic heterocycles. The second kappa shape index (κ2) is 14.8. The molecule has 242 valence electrons. The molecule has 45 heavy (non-hydrogen) atoms. The van der Waals surface area contributed by atoms with E-state index in [0.717, 1.165) is 24.9 Å². The van der Waals surface area contributed by atoms with Crippen LogP contribution in [0.3, 0.4) is 0 Å². The fourth-order valence-electron chi connectivity index (χ4n) is 4.76. The molecule has 14 nitrogen and oxygen atoms in total. The number of carbonyl (C=O) groups is 3. The molecule has 0 saturated carbocycles. The van der Waals surface area contributed by atoms with Gasteiger partial charge in [-0.1, -0.05) is 6.58 Å². The Balaban J connectivity index is 1.50. The number of nitrogens with zero attached hydrogens (tertiary/aromatic N) is 5. The Labute approximate surface area is 256 Å². The molecule has 4 heterocycles. The number of nitrogens with one attached hydrogen (secondary N) is 4. The van der Waals surface area contributed by atoms with Gasteiger partial charge in [0.2, 0.25) is 11.8 Å². The summed E-state index contributed by atoms with van der Waals surface area (Å²) in [5, 5.41) is 13.1. The minimum Gasteiger partial charge on any atom is -0.453 e. The minimum absolute atomic E-state index is 0.0975. The van der Waals surface area contributed by atoms with Gasteiger partial charge in [0.25, 0.3) is 0 Å². The quantitative estimate of drug-likeness (QED) is 0.193. The molecule has 0 spiro atoms. The Hall–Kier alpha value is -4.77. The van der Waals surface area contributed by atoms with E-state index < -0.39 is 35.1 Å². The van der Waals surface area contributed by atoms with Gasteiger partial charge in [0.05, 0.1) is 38.1 Å². The van der Waals surface area contributed by atoms with Gasteiger partial charge in [0.1, 0.15) is 5.82 Å². The standard InChI is InChI=1S/C28H34F3N9O5/c1-3-23(41)35-16-24(42)39-6-4-38(5-7-39)17-18-12-21(33-14-18)26(40-8-10-45-11-9-40)37-25(32)19-15-34-22(36-27(43)44-2)13-20(19)28(29,30)31/h3,12-15,32-33H,1,4-11,16-17H2,2H3,(H,35,41)(H,34,36,43)/b32-25?,37-26+. The highest BCUT2D eigenvalue weighted by atomic mass is 19.4. The van der Waals surface area contributed by atoms with E-state index in [-0.39, 0.29) is 24.1 Å². The van der Waals surface area contributed by atoms with Crippen LogP contribution in [0.25, 0.3) is 0 Å². The monoisotopic (exact) mass is 633 g/mol. The first kappa shape index (κ1) is 33.1. The summed E-state index contributed by atoms with van der Waals surface area (Å²) in [5.41, 5.74) is -0.362. The molecule has 2 saturated heterocycles. The highest BCUT2D eigenvalue weighted by molar-refractivity contribution is 6.10. The number of hydrogen-bond donors (Lipinski definition) is 4. The van der Waals surface area contributed by atoms with Crippen LogP contribution in [-0.2, 0) is 31.8 Å². The second-order valence-electron chi connectivity index (χ2n) is 10.1. The number of ether oxygens (including phenoxy) is 2. The highest BCUT2D eigenvalue weighted by Crippen LogP contribution is 2.33. The predicted octanol–water partition coefficient (Wildman–Crippen LogP) is 1.66. The summed E-state index contributed by atoms with van der Waals surface area (Å²) in [7, 11) is 1.07. The molecule has 2 fully saturated rings. The third-order valence-corrected chi connectivity index (χ3v) is 7.12. The van der Waals surface area contributed by atoms with Crippen LogP contribution in [0.4, 0.5) is 23.8 Å². The van der Waals surface area contributed by atoms with Gasteiger partial charge in [-0.05, 0) is 23.8 Å². The van der Waals surface area contributed by atoms with Gasteiger partial charge >= 0.3 is 12.3 Å². The number of pyridine rings is 1. The van der Waals surface area contributed by atoms with E-state index in [1.807, 2.05) is 11.0 Å². The maximum Gasteiger partial charge on any atom is 0.417 e. The molecule has 2 aliphatic rings. The Kier molecular flexibility index (Phi) is 10.9. The third kappa shape index (κ3) is 8.89. The van der Waals surface area contributed by atoms with Crippen molar-refractivity contribution in [2.75, 3.05) is 71.5 Å². The minimum atomic E-state index is -4.86. The fraction of sp³-hybridized carbons (Fsp3) is 0.429. The number of piperazine rings is 1. The van der Waals surface area contributed by atoms with Crippen molar-refractivity contribution >= 4 is 35.4 Å². The number of amides is 3. The lowest BCUT2D eigenvalue weighted by atomic mass is 10.1. The van der Waals surface area contributed by atoms with Crippen LogP contribution in [-0.4, -0.2) is 120 Å². The van der Waals surface area contributed by atoms with Gasteiger partial charge in [0.15, 0.2) is 11.7 Å². The van der Waals surface area contributed by atoms with Crippen molar-refractivity contribution in [2.24, 2.45) is 4.99 Å². The topological polar surface area (TPSA) is 168 Å². The lowest BCUT2D eigenvalue weighted by Crippen LogP contribution is -2.50. The van der Waals surface area contributed by atoms with E-state index in [9.17, 15) is 27.6 Å². The van der Waals surface area contributed by atoms with Gasteiger partial charge < -0.3 is 29.6 Å². The van der Waals surface area contributed by atoms with Gasteiger partial charge in [-0.3, -0.25) is 25.2 Å². The Bertz CT molecular complexity index is 1450. The van der Waals surface area contributed by atoms with Crippen molar-refractivity contribution in [1.82, 2.24) is 30.0 Å². The molecule has 0 radical (unpaired) electrons. The largest absolute Gasteiger partial charge is 0.453 e. The number of rotatable bonds is 8. The molecule has 17 heteroatoms. The zero-order chi connectivity index (χ0) is 32.6. The Morgan fingerprint density at radius 2 is 1.87 bits per heavy atom. The maximum atomic E-state index is 14.0. The van der Waals surface area contributed by atoms with Crippen LogP contribution < -0.4 is 10.6 Å². The van der Waals surface area contributed by atoms with E-state index in [4.69, 9.17) is 10.1 Å². The first-order valence-electron chi connectivity index (χ1n) is 14.0. The van der Waals surface area contributed by atoms with Crippen LogP contribution in [0, 0.1) is 5.41 Å². The number of carbonyl (C=O) groups excluding carboxylic acids is 3. The van der Waals surface area contributed by atoms with Crippen molar-refractivity contribution in [3.63, 3.8) is 0 Å². The number of morpholine rings is 1. The molecule has 0 bridgehead atoms. The number of aromatic nitrogens is 2. The van der Waals surface area contributed by atoms with Gasteiger partial charge in [0, 0.05) is 63.8 Å². The molecule has 0 aliphatic carbocycles. The number of H-pyrrole nitrogens is 1. The van der Waals surface area contributed by atoms with E-state index in [2.05, 4.69) is 41.8 Å². The van der Waals surface area contributed by atoms with Gasteiger partial charge in [-0.25, -0.2) is 14.8 Å². The average molecular weight is 634 g/mol. The molecule has 0 aromatic carbocycles. The number of aliphatic imine (C=N–C) groups is 1. The van der Waals surface area contributed by atoms with Crippen molar-refractivity contribution in [2.45, 2.75) is 12.7 Å². The smallest absolute Gasteiger partial charge is 0.417 e. The molecule has 4 N–H and O–H groups in total. The summed E-state index contributed by atoms with van der Waals surface area (Å²) >= 11 is 0. The van der Waals surface area contributed by atoms with E-state index in [0.29, 0.717) is 70.8 Å². The van der Waals surface area contributed by atoms with Crippen LogP contribution in [0.5, 0.6) is 0 Å². The molecule has 2 aromatic rings. The second-order valence-corrected chi connectivity index (χ2v) is 10.1. The van der Waals surface area contributed by atoms with Gasteiger partial charge in [-0.15, -0.1) is 0 Å². The normalized spacial score (nSPS) is 16.2. The third-order valence-electron chi connectivity index (χ3n) is 7.12. The summed E-state index contributed by atoms with van der Waals surface area (Å²) in [6.45, 7) is 7.56. The molecular formula is C28H34F3N9O5. The number of anilines is 1. The first-order valence-corrected chi connectivity index (χ1v) is 14.0. The summed E-state index contributed by atoms with van der Waals surface area (Å²) in [6.07, 6.45) is -2.13. The molecular weight excluding hydrogens is 599 g/mol. The van der Waals surface area contributed by atoms with Crippen molar-refractivity contribution in [3.05, 3.63) is 59.6 Å². The number of aromatic amines is 1. The number of halogens is 3. The van der Waals surface area contributed by atoms with Gasteiger partial charge in [-0.2, -0.15) is 13.2 Å². The molecule has 0 atom stereocenters. The Morgan fingerprint density at radius 3 is 2.51 bits per heavy atom. The van der Waals surface area contributed by atoms with E-state index in [1.54, 1.807) is 11.1 Å². The number of alkyl halides is 3. The number of methoxy groups -OCH3 is 1. The van der Waals surface area contributed by atoms with E-state index in [1.165, 1.54) is 0 Å².